The molecule has 0 fully saturated rings. The van der Waals surface area contributed by atoms with Crippen LogP contribution in [-0.2, 0) is 28.3 Å². The molecule has 1 aliphatic rings. The molecule has 2 aromatic rings. The second-order valence-corrected chi connectivity index (χ2v) is 8.81. The number of nitrogens with one attached hydrogen (secondary N) is 2. The van der Waals surface area contributed by atoms with E-state index in [1.54, 1.807) is 28.9 Å². The lowest BCUT2D eigenvalue weighted by Gasteiger charge is -2.14. The van der Waals surface area contributed by atoms with Crippen molar-refractivity contribution in [1.82, 2.24) is 19.8 Å². The van der Waals surface area contributed by atoms with Crippen LogP contribution in [-0.4, -0.2) is 42.5 Å². The Labute approximate surface area is 171 Å². The highest BCUT2D eigenvalue weighted by Gasteiger charge is 2.31. The molecule has 1 aliphatic heterocycles. The molecule has 0 aliphatic carbocycles. The van der Waals surface area contributed by atoms with Crippen LogP contribution in [0.1, 0.15) is 43.7 Å². The summed E-state index contributed by atoms with van der Waals surface area (Å²) in [7, 11) is -1.74. The fraction of sp³-hybridized carbons (Fsp3) is 0.450. The lowest BCUT2D eigenvalue weighted by Crippen LogP contribution is -2.36. The van der Waals surface area contributed by atoms with Gasteiger partial charge in [-0.2, -0.15) is 5.10 Å². The van der Waals surface area contributed by atoms with E-state index in [1.165, 1.54) is 0 Å². The molecule has 0 saturated carbocycles. The highest BCUT2D eigenvalue weighted by Crippen LogP contribution is 2.23. The second-order valence-electron chi connectivity index (χ2n) is 7.15. The van der Waals surface area contributed by atoms with Crippen molar-refractivity contribution in [2.45, 2.75) is 50.0 Å². The summed E-state index contributed by atoms with van der Waals surface area (Å²) in [6.45, 7) is 2.58. The average Bonchev–Trinajstić information content (AvgIpc) is 3.22. The molecule has 1 amide bonds. The predicted octanol–water partition coefficient (Wildman–Crippen LogP) is 1.77. The first-order chi connectivity index (χ1) is 13.9. The Morgan fingerprint density at radius 2 is 2.10 bits per heavy atom. The van der Waals surface area contributed by atoms with E-state index >= 15 is 0 Å². The molecule has 1 unspecified atom stereocenters. The van der Waals surface area contributed by atoms with Gasteiger partial charge in [0.05, 0.1) is 11.1 Å². The van der Waals surface area contributed by atoms with E-state index in [0.717, 1.165) is 31.2 Å². The second kappa shape index (κ2) is 9.21. The predicted molar refractivity (Wildman–Crippen MR) is 111 cm³/mol. The Bertz CT molecular complexity index is 997. The molecule has 3 rings (SSSR count). The van der Waals surface area contributed by atoms with Gasteiger partial charge in [0.2, 0.25) is 5.91 Å². The number of aryl methyl sites for hydroxylation is 2. The number of amides is 1. The van der Waals surface area contributed by atoms with Gasteiger partial charge in [0, 0.05) is 25.4 Å². The zero-order valence-corrected chi connectivity index (χ0v) is 17.6. The van der Waals surface area contributed by atoms with Crippen molar-refractivity contribution in [1.29, 1.82) is 0 Å². The minimum Gasteiger partial charge on any atom is -0.354 e. The average molecular weight is 418 g/mol. The summed E-state index contributed by atoms with van der Waals surface area (Å²) in [5, 5.41) is 7.07. The van der Waals surface area contributed by atoms with Gasteiger partial charge in [-0.25, -0.2) is 8.42 Å². The van der Waals surface area contributed by atoms with Crippen LogP contribution < -0.4 is 10.0 Å². The first-order valence-electron chi connectivity index (χ1n) is 9.86. The molecule has 29 heavy (non-hydrogen) atoms. The van der Waals surface area contributed by atoms with Crippen LogP contribution in [0.25, 0.3) is 0 Å². The van der Waals surface area contributed by atoms with Crippen molar-refractivity contribution < 1.29 is 13.2 Å². The molecule has 8 nitrogen and oxygen atoms in total. The van der Waals surface area contributed by atoms with Crippen molar-refractivity contribution in [3.63, 3.8) is 0 Å². The topological polar surface area (TPSA) is 105 Å². The van der Waals surface area contributed by atoms with E-state index < -0.39 is 16.1 Å². The molecule has 1 atom stereocenters. The number of carbonyl (C=O) groups is 1. The number of benzene rings is 1. The fourth-order valence-electron chi connectivity index (χ4n) is 3.26. The van der Waals surface area contributed by atoms with Crippen molar-refractivity contribution in [3.05, 3.63) is 47.8 Å². The number of hydrogen-bond acceptors (Lipinski definition) is 5. The summed E-state index contributed by atoms with van der Waals surface area (Å²) >= 11 is 0. The van der Waals surface area contributed by atoms with Gasteiger partial charge in [0.25, 0.3) is 10.0 Å². The molecule has 0 radical (unpaired) electrons. The van der Waals surface area contributed by atoms with Crippen LogP contribution in [0.2, 0.25) is 0 Å². The largest absolute Gasteiger partial charge is 0.354 e. The Kier molecular flexibility index (Phi) is 6.68. The van der Waals surface area contributed by atoms with Gasteiger partial charge < -0.3 is 5.32 Å². The van der Waals surface area contributed by atoms with Crippen molar-refractivity contribution in [2.24, 2.45) is 12.0 Å². The summed E-state index contributed by atoms with van der Waals surface area (Å²) in [4.78, 5) is 17.4. The van der Waals surface area contributed by atoms with Crippen LogP contribution in [0.3, 0.4) is 0 Å². The molecule has 2 heterocycles. The molecule has 1 aromatic carbocycles. The summed E-state index contributed by atoms with van der Waals surface area (Å²) in [6.07, 6.45) is 7.73. The molecule has 9 heteroatoms. The van der Waals surface area contributed by atoms with E-state index in [0.29, 0.717) is 18.5 Å². The van der Waals surface area contributed by atoms with Gasteiger partial charge in [0.1, 0.15) is 11.9 Å². The van der Waals surface area contributed by atoms with Crippen molar-refractivity contribution in [2.75, 3.05) is 6.54 Å². The lowest BCUT2D eigenvalue weighted by molar-refractivity contribution is -0.122. The van der Waals surface area contributed by atoms with E-state index in [1.807, 2.05) is 26.4 Å². The molecule has 0 bridgehead atoms. The number of aliphatic imine (C=N–C) groups is 1. The number of hydrogen-bond donors (Lipinski definition) is 2. The molecule has 156 valence electrons. The van der Waals surface area contributed by atoms with Crippen LogP contribution in [0.5, 0.6) is 0 Å². The van der Waals surface area contributed by atoms with Gasteiger partial charge in [-0.3, -0.25) is 19.2 Å². The minimum absolute atomic E-state index is 0.180. The quantitative estimate of drug-likeness (QED) is 0.607. The van der Waals surface area contributed by atoms with Crippen LogP contribution in [0.4, 0.5) is 0 Å². The summed E-state index contributed by atoms with van der Waals surface area (Å²) in [5.74, 6) is 0.0629. The summed E-state index contributed by atoms with van der Waals surface area (Å²) < 4.78 is 28.8. The van der Waals surface area contributed by atoms with Crippen LogP contribution in [0.15, 0.2) is 46.5 Å². The standard InChI is InChI=1S/C20H27N5O3S/c1-3-4-10-17(20(26)21-12-7-8-15-13-22-25(2)14-15)23-19-16-9-5-6-11-18(16)29(27,28)24-19/h5-6,9,11,13-14,17H,3-4,7-8,10,12H2,1-2H3,(H,21,26)(H,23,24). The monoisotopic (exact) mass is 417 g/mol. The zero-order valence-electron chi connectivity index (χ0n) is 16.8. The minimum atomic E-state index is -3.62. The molecular weight excluding hydrogens is 390 g/mol. The summed E-state index contributed by atoms with van der Waals surface area (Å²) in [5.41, 5.74) is 1.64. The van der Waals surface area contributed by atoms with Crippen LogP contribution in [0, 0.1) is 0 Å². The van der Waals surface area contributed by atoms with Gasteiger partial charge in [-0.05, 0) is 37.0 Å². The normalized spacial score (nSPS) is 17.0. The number of unbranched alkanes of at least 4 members (excludes halogenated alkanes) is 1. The molecule has 0 saturated heterocycles. The van der Waals surface area contributed by atoms with Crippen molar-refractivity contribution >= 4 is 21.8 Å². The third-order valence-corrected chi connectivity index (χ3v) is 6.18. The van der Waals surface area contributed by atoms with Gasteiger partial charge in [-0.15, -0.1) is 0 Å². The van der Waals surface area contributed by atoms with E-state index in [9.17, 15) is 13.2 Å². The Balaban J connectivity index is 1.66. The molecular formula is C20H27N5O3S. The first kappa shape index (κ1) is 21.0. The third-order valence-electron chi connectivity index (χ3n) is 4.78. The number of aromatic nitrogens is 2. The number of carbonyl (C=O) groups excluding carboxylic acids is 1. The van der Waals surface area contributed by atoms with Gasteiger partial charge in [-0.1, -0.05) is 31.9 Å². The van der Waals surface area contributed by atoms with Gasteiger partial charge >= 0.3 is 0 Å². The fourth-order valence-corrected chi connectivity index (χ4v) is 4.50. The SMILES string of the molecule is CCCCC(N=C1NS(=O)(=O)c2ccccc21)C(=O)NCCCc1cnn(C)c1. The Hall–Kier alpha value is -2.68. The maximum atomic E-state index is 12.7. The molecule has 1 aromatic heterocycles. The Morgan fingerprint density at radius 1 is 1.31 bits per heavy atom. The highest BCUT2D eigenvalue weighted by atomic mass is 32.2. The highest BCUT2D eigenvalue weighted by molar-refractivity contribution is 7.90. The van der Waals surface area contributed by atoms with Crippen LogP contribution >= 0.6 is 0 Å². The summed E-state index contributed by atoms with van der Waals surface area (Å²) in [6, 6.07) is 6.05. The van der Waals surface area contributed by atoms with E-state index in [-0.39, 0.29) is 16.6 Å². The number of fused-ring (bicyclic) bond motifs is 1. The number of rotatable bonds is 9. The molecule has 2 N–H and O–H groups in total. The Morgan fingerprint density at radius 3 is 2.83 bits per heavy atom. The number of amidine groups is 1. The molecule has 0 spiro atoms. The third kappa shape index (κ3) is 5.23. The van der Waals surface area contributed by atoms with E-state index in [4.69, 9.17) is 0 Å². The van der Waals surface area contributed by atoms with Crippen molar-refractivity contribution in [3.8, 4) is 0 Å². The van der Waals surface area contributed by atoms with E-state index in [2.05, 4.69) is 20.1 Å². The first-order valence-corrected chi connectivity index (χ1v) is 11.3. The maximum absolute atomic E-state index is 12.7. The number of sulfonamides is 1. The zero-order chi connectivity index (χ0) is 20.9. The smallest absolute Gasteiger partial charge is 0.263 e. The maximum Gasteiger partial charge on any atom is 0.263 e. The number of nitrogens with zero attached hydrogens (tertiary/aromatic N) is 3. The van der Waals surface area contributed by atoms with Gasteiger partial charge in [0.15, 0.2) is 0 Å². The lowest BCUT2D eigenvalue weighted by atomic mass is 10.1.